The fourth-order valence-corrected chi connectivity index (χ4v) is 3.73. The Morgan fingerprint density at radius 3 is 2.96 bits per heavy atom. The molecule has 10 heteroatoms. The zero-order valence-electron chi connectivity index (χ0n) is 14.6. The van der Waals surface area contributed by atoms with Crippen molar-refractivity contribution in [2.75, 3.05) is 31.3 Å². The summed E-state index contributed by atoms with van der Waals surface area (Å²) in [6.45, 7) is 3.02. The van der Waals surface area contributed by atoms with Gasteiger partial charge in [-0.2, -0.15) is 5.10 Å². The van der Waals surface area contributed by atoms with Crippen LogP contribution in [0.4, 0.5) is 5.82 Å². The quantitative estimate of drug-likeness (QED) is 0.630. The minimum Gasteiger partial charge on any atom is -0.396 e. The average Bonchev–Trinajstić information content (AvgIpc) is 3.07. The summed E-state index contributed by atoms with van der Waals surface area (Å²) < 4.78 is 7.23. The molecule has 1 fully saturated rings. The van der Waals surface area contributed by atoms with Crippen molar-refractivity contribution < 1.29 is 9.84 Å². The first-order valence-electron chi connectivity index (χ1n) is 8.84. The Labute approximate surface area is 153 Å². The maximum absolute atomic E-state index is 11.6. The van der Waals surface area contributed by atoms with E-state index >= 15 is 0 Å². The monoisotopic (exact) mass is 369 g/mol. The second-order valence-electron chi connectivity index (χ2n) is 7.27. The van der Waals surface area contributed by atoms with E-state index in [1.54, 1.807) is 12.4 Å². The highest BCUT2D eigenvalue weighted by molar-refractivity contribution is 5.83. The molecule has 3 aromatic rings. The topological polar surface area (TPSA) is 122 Å². The van der Waals surface area contributed by atoms with E-state index < -0.39 is 0 Å². The molecule has 2 aliphatic rings. The van der Waals surface area contributed by atoms with Crippen LogP contribution in [0.3, 0.4) is 0 Å². The Kier molecular flexibility index (Phi) is 3.69. The SMILES string of the molecule is O=c1cc2c(n[nH]1)CCN(c1ncnc3c1ncn3CC1(CO)COC1)C2. The lowest BCUT2D eigenvalue weighted by Crippen LogP contribution is -2.48. The summed E-state index contributed by atoms with van der Waals surface area (Å²) in [7, 11) is 0. The minimum absolute atomic E-state index is 0.0646. The van der Waals surface area contributed by atoms with Crippen LogP contribution >= 0.6 is 0 Å². The fourth-order valence-electron chi connectivity index (χ4n) is 3.73. The fraction of sp³-hybridized carbons (Fsp3) is 0.471. The molecule has 0 unspecified atom stereocenters. The minimum atomic E-state index is -0.268. The standard InChI is InChI=1S/C17H19N7O3/c25-6-17(7-27-8-17)5-24-10-20-14-15(18-9-19-16(14)24)23-2-1-12-11(4-23)3-13(26)22-21-12/h3,9-10,25H,1-2,4-8H2,(H,22,26). The van der Waals surface area contributed by atoms with Crippen LogP contribution in [0.1, 0.15) is 11.3 Å². The molecule has 140 valence electrons. The number of aliphatic hydroxyl groups excluding tert-OH is 1. The molecular formula is C17H19N7O3. The molecule has 0 atom stereocenters. The van der Waals surface area contributed by atoms with Gasteiger partial charge >= 0.3 is 0 Å². The first kappa shape index (κ1) is 16.3. The Bertz CT molecular complexity index is 1050. The van der Waals surface area contributed by atoms with Gasteiger partial charge < -0.3 is 19.3 Å². The number of aliphatic hydroxyl groups is 1. The maximum atomic E-state index is 11.6. The van der Waals surface area contributed by atoms with Gasteiger partial charge in [0.05, 0.1) is 37.3 Å². The number of H-pyrrole nitrogens is 1. The van der Waals surface area contributed by atoms with Gasteiger partial charge in [0.15, 0.2) is 17.0 Å². The van der Waals surface area contributed by atoms with Gasteiger partial charge in [-0.3, -0.25) is 4.79 Å². The number of imidazole rings is 1. The molecule has 1 saturated heterocycles. The summed E-state index contributed by atoms with van der Waals surface area (Å²) >= 11 is 0. The molecule has 3 aromatic heterocycles. The van der Waals surface area contributed by atoms with Crippen LogP contribution < -0.4 is 10.5 Å². The Hall–Kier alpha value is -2.85. The maximum Gasteiger partial charge on any atom is 0.264 e. The lowest BCUT2D eigenvalue weighted by Gasteiger charge is -2.39. The zero-order chi connectivity index (χ0) is 18.4. The summed E-state index contributed by atoms with van der Waals surface area (Å²) in [5, 5.41) is 16.3. The number of aromatic nitrogens is 6. The van der Waals surface area contributed by atoms with Crippen LogP contribution in [-0.4, -0.2) is 61.2 Å². The predicted molar refractivity (Wildman–Crippen MR) is 95.3 cm³/mol. The van der Waals surface area contributed by atoms with Gasteiger partial charge in [0.1, 0.15) is 6.33 Å². The summed E-state index contributed by atoms with van der Waals surface area (Å²) in [5.74, 6) is 0.743. The third-order valence-electron chi connectivity index (χ3n) is 5.30. The number of hydrogen-bond acceptors (Lipinski definition) is 8. The van der Waals surface area contributed by atoms with Gasteiger partial charge in [0.2, 0.25) is 0 Å². The van der Waals surface area contributed by atoms with E-state index in [0.29, 0.717) is 31.8 Å². The molecule has 5 heterocycles. The number of fused-ring (bicyclic) bond motifs is 2. The molecule has 0 aromatic carbocycles. The molecule has 0 spiro atoms. The van der Waals surface area contributed by atoms with Crippen LogP contribution in [0.2, 0.25) is 0 Å². The lowest BCUT2D eigenvalue weighted by atomic mass is 9.87. The van der Waals surface area contributed by atoms with Crippen molar-refractivity contribution in [2.24, 2.45) is 5.41 Å². The molecule has 27 heavy (non-hydrogen) atoms. The molecule has 0 amide bonds. The van der Waals surface area contributed by atoms with Crippen molar-refractivity contribution in [3.8, 4) is 0 Å². The largest absolute Gasteiger partial charge is 0.396 e. The van der Waals surface area contributed by atoms with Gasteiger partial charge in [-0.25, -0.2) is 20.1 Å². The molecule has 5 rings (SSSR count). The molecule has 2 N–H and O–H groups in total. The van der Waals surface area contributed by atoms with Crippen LogP contribution in [0.15, 0.2) is 23.5 Å². The van der Waals surface area contributed by atoms with Crippen molar-refractivity contribution >= 4 is 17.0 Å². The zero-order valence-corrected chi connectivity index (χ0v) is 14.6. The third-order valence-corrected chi connectivity index (χ3v) is 5.30. The summed E-state index contributed by atoms with van der Waals surface area (Å²) in [6, 6.07) is 1.59. The predicted octanol–water partition coefficient (Wildman–Crippen LogP) is -0.519. The van der Waals surface area contributed by atoms with Gasteiger partial charge in [0, 0.05) is 37.7 Å². The molecule has 0 aliphatic carbocycles. The Morgan fingerprint density at radius 1 is 1.30 bits per heavy atom. The van der Waals surface area contributed by atoms with Gasteiger partial charge in [-0.15, -0.1) is 0 Å². The number of rotatable bonds is 4. The molecule has 0 saturated carbocycles. The Balaban J connectivity index is 1.49. The van der Waals surface area contributed by atoms with Crippen molar-refractivity contribution in [3.63, 3.8) is 0 Å². The van der Waals surface area contributed by atoms with E-state index in [9.17, 15) is 9.90 Å². The van der Waals surface area contributed by atoms with E-state index in [1.165, 1.54) is 6.33 Å². The number of nitrogens with one attached hydrogen (secondary N) is 1. The first-order chi connectivity index (χ1) is 13.2. The van der Waals surface area contributed by atoms with Crippen LogP contribution in [0, 0.1) is 5.41 Å². The molecular weight excluding hydrogens is 350 g/mol. The number of aromatic amines is 1. The molecule has 2 aliphatic heterocycles. The smallest absolute Gasteiger partial charge is 0.264 e. The number of ether oxygens (including phenoxy) is 1. The van der Waals surface area contributed by atoms with E-state index in [2.05, 4.69) is 30.0 Å². The summed E-state index contributed by atoms with van der Waals surface area (Å²) in [6.07, 6.45) is 4.00. The lowest BCUT2D eigenvalue weighted by molar-refractivity contribution is -0.144. The van der Waals surface area contributed by atoms with Gasteiger partial charge in [-0.1, -0.05) is 0 Å². The van der Waals surface area contributed by atoms with Gasteiger partial charge in [-0.05, 0) is 0 Å². The van der Waals surface area contributed by atoms with E-state index in [4.69, 9.17) is 4.74 Å². The van der Waals surface area contributed by atoms with Crippen LogP contribution in [0.5, 0.6) is 0 Å². The number of hydrogen-bond donors (Lipinski definition) is 2. The van der Waals surface area contributed by atoms with Crippen molar-refractivity contribution in [2.45, 2.75) is 19.5 Å². The molecule has 0 radical (unpaired) electrons. The second-order valence-corrected chi connectivity index (χ2v) is 7.27. The third kappa shape index (κ3) is 2.68. The van der Waals surface area contributed by atoms with E-state index in [0.717, 1.165) is 35.7 Å². The summed E-state index contributed by atoms with van der Waals surface area (Å²) in [4.78, 5) is 27.1. The Morgan fingerprint density at radius 2 is 2.19 bits per heavy atom. The first-order valence-corrected chi connectivity index (χ1v) is 8.84. The van der Waals surface area contributed by atoms with E-state index in [1.807, 2.05) is 4.57 Å². The molecule has 0 bridgehead atoms. The van der Waals surface area contributed by atoms with Crippen molar-refractivity contribution in [1.29, 1.82) is 0 Å². The summed E-state index contributed by atoms with van der Waals surface area (Å²) in [5.41, 5.74) is 2.79. The average molecular weight is 369 g/mol. The van der Waals surface area contributed by atoms with Crippen molar-refractivity contribution in [1.82, 2.24) is 29.7 Å². The highest BCUT2D eigenvalue weighted by Gasteiger charge is 2.39. The van der Waals surface area contributed by atoms with E-state index in [-0.39, 0.29) is 17.6 Å². The number of anilines is 1. The highest BCUT2D eigenvalue weighted by Crippen LogP contribution is 2.31. The number of nitrogens with zero attached hydrogens (tertiary/aromatic N) is 6. The second kappa shape index (κ2) is 6.10. The van der Waals surface area contributed by atoms with Crippen LogP contribution in [-0.2, 0) is 24.2 Å². The van der Waals surface area contributed by atoms with Crippen LogP contribution in [0.25, 0.3) is 11.2 Å². The van der Waals surface area contributed by atoms with Crippen molar-refractivity contribution in [3.05, 3.63) is 40.3 Å². The molecule has 10 nitrogen and oxygen atoms in total. The highest BCUT2D eigenvalue weighted by atomic mass is 16.5. The van der Waals surface area contributed by atoms with Gasteiger partial charge in [0.25, 0.3) is 5.56 Å². The normalized spacial score (nSPS) is 18.3.